The maximum atomic E-state index is 12.4. The summed E-state index contributed by atoms with van der Waals surface area (Å²) in [6, 6.07) is 0. The van der Waals surface area contributed by atoms with Crippen molar-refractivity contribution < 1.29 is 23.9 Å². The van der Waals surface area contributed by atoms with Gasteiger partial charge in [-0.3, -0.25) is 14.4 Å². The zero-order valence-electron chi connectivity index (χ0n) is 17.5. The number of rotatable bonds is 8. The Bertz CT molecular complexity index is 622. The van der Waals surface area contributed by atoms with Gasteiger partial charge in [0.05, 0.1) is 6.61 Å². The van der Waals surface area contributed by atoms with Gasteiger partial charge in [0.15, 0.2) is 5.79 Å². The summed E-state index contributed by atoms with van der Waals surface area (Å²) in [5.41, 5.74) is -0.453. The van der Waals surface area contributed by atoms with E-state index in [9.17, 15) is 14.4 Å². The maximum absolute atomic E-state index is 12.4. The van der Waals surface area contributed by atoms with Gasteiger partial charge >= 0.3 is 0 Å². The summed E-state index contributed by atoms with van der Waals surface area (Å²) in [5.74, 6) is 4.57. The van der Waals surface area contributed by atoms with E-state index in [0.29, 0.717) is 25.3 Å². The molecular formula is C20H32N2O5S. The van der Waals surface area contributed by atoms with Crippen molar-refractivity contribution in [1.82, 2.24) is 10.6 Å². The van der Waals surface area contributed by atoms with Crippen LogP contribution in [0.25, 0.3) is 0 Å². The van der Waals surface area contributed by atoms with Crippen molar-refractivity contribution >= 4 is 28.7 Å². The molecule has 1 aliphatic heterocycles. The molecule has 1 heterocycles. The highest BCUT2D eigenvalue weighted by molar-refractivity contribution is 8.14. The lowest BCUT2D eigenvalue weighted by Crippen LogP contribution is -2.56. The minimum absolute atomic E-state index is 0.160. The molecule has 28 heavy (non-hydrogen) atoms. The van der Waals surface area contributed by atoms with Gasteiger partial charge < -0.3 is 20.1 Å². The van der Waals surface area contributed by atoms with Gasteiger partial charge in [-0.15, -0.1) is 0 Å². The molecule has 2 N–H and O–H groups in total. The fraction of sp³-hybridized carbons (Fsp3) is 0.750. The maximum Gasteiger partial charge on any atom is 0.262 e. The van der Waals surface area contributed by atoms with E-state index < -0.39 is 17.3 Å². The smallest absolute Gasteiger partial charge is 0.262 e. The zero-order chi connectivity index (χ0) is 21.2. The van der Waals surface area contributed by atoms with Gasteiger partial charge in [0, 0.05) is 37.1 Å². The lowest BCUT2D eigenvalue weighted by atomic mass is 9.85. The zero-order valence-corrected chi connectivity index (χ0v) is 18.3. The normalized spacial score (nSPS) is 19.8. The van der Waals surface area contributed by atoms with Crippen molar-refractivity contribution in [2.75, 3.05) is 25.4 Å². The summed E-state index contributed by atoms with van der Waals surface area (Å²) in [6.07, 6.45) is 1.15. The molecular weight excluding hydrogens is 380 g/mol. The number of hydrogen-bond acceptors (Lipinski definition) is 6. The van der Waals surface area contributed by atoms with Crippen LogP contribution >= 0.6 is 11.8 Å². The van der Waals surface area contributed by atoms with Crippen LogP contribution in [0.4, 0.5) is 0 Å². The molecule has 1 rings (SSSR count). The molecule has 0 spiro atoms. The quantitative estimate of drug-likeness (QED) is 0.467. The first-order valence-corrected chi connectivity index (χ1v) is 10.6. The van der Waals surface area contributed by atoms with Gasteiger partial charge in [0.1, 0.15) is 6.10 Å². The number of unbranched alkanes of at least 4 members (excludes halogenated alkanes) is 1. The number of carbonyl (C=O) groups excluding carboxylic acids is 3. The van der Waals surface area contributed by atoms with Crippen LogP contribution in [0.15, 0.2) is 0 Å². The molecule has 0 saturated carbocycles. The first kappa shape index (κ1) is 24.5. The van der Waals surface area contributed by atoms with E-state index in [1.54, 1.807) is 13.8 Å². The average molecular weight is 413 g/mol. The Labute approximate surface area is 172 Å². The van der Waals surface area contributed by atoms with E-state index in [1.165, 1.54) is 0 Å². The van der Waals surface area contributed by atoms with Crippen molar-refractivity contribution in [2.45, 2.75) is 65.8 Å². The summed E-state index contributed by atoms with van der Waals surface area (Å²) in [6.45, 7) is 10.4. The molecule has 0 bridgehead atoms. The number of ether oxygens (including phenoxy) is 2. The highest BCUT2D eigenvalue weighted by Crippen LogP contribution is 2.34. The number of amides is 2. The van der Waals surface area contributed by atoms with Gasteiger partial charge in [-0.05, 0) is 26.2 Å². The third-order valence-corrected chi connectivity index (χ3v) is 4.79. The number of carbonyl (C=O) groups is 3. The van der Waals surface area contributed by atoms with Crippen molar-refractivity contribution in [3.8, 4) is 11.8 Å². The molecule has 0 aromatic carbocycles. The van der Waals surface area contributed by atoms with Gasteiger partial charge in [0.2, 0.25) is 11.8 Å². The van der Waals surface area contributed by atoms with Crippen LogP contribution in [-0.2, 0) is 23.9 Å². The fourth-order valence-electron chi connectivity index (χ4n) is 2.43. The Kier molecular flexibility index (Phi) is 10.0. The highest BCUT2D eigenvalue weighted by Gasteiger charge is 2.45. The van der Waals surface area contributed by atoms with Crippen molar-refractivity contribution in [3.63, 3.8) is 0 Å². The summed E-state index contributed by atoms with van der Waals surface area (Å²) < 4.78 is 11.4. The molecule has 0 aromatic heterocycles. The first-order chi connectivity index (χ1) is 13.1. The van der Waals surface area contributed by atoms with Crippen LogP contribution in [-0.4, -0.2) is 54.3 Å². The fourth-order valence-corrected chi connectivity index (χ4v) is 2.97. The molecule has 0 unspecified atom stereocenters. The van der Waals surface area contributed by atoms with Crippen LogP contribution in [0.5, 0.6) is 0 Å². The second-order valence-corrected chi connectivity index (χ2v) is 8.82. The minimum Gasteiger partial charge on any atom is -0.355 e. The molecule has 7 nitrogen and oxygen atoms in total. The van der Waals surface area contributed by atoms with Crippen molar-refractivity contribution in [3.05, 3.63) is 0 Å². The number of hydrogen-bond donors (Lipinski definition) is 2. The monoisotopic (exact) mass is 412 g/mol. The number of nitrogens with one attached hydrogen (secondary N) is 2. The molecule has 0 aliphatic carbocycles. The predicted octanol–water partition coefficient (Wildman–Crippen LogP) is 1.85. The highest BCUT2D eigenvalue weighted by atomic mass is 32.2. The van der Waals surface area contributed by atoms with Crippen LogP contribution in [0, 0.1) is 17.3 Å². The van der Waals surface area contributed by atoms with E-state index in [1.807, 2.05) is 20.8 Å². The summed E-state index contributed by atoms with van der Waals surface area (Å²) in [7, 11) is 0. The molecule has 1 fully saturated rings. The molecule has 0 aromatic rings. The molecule has 2 amide bonds. The van der Waals surface area contributed by atoms with E-state index in [4.69, 9.17) is 9.47 Å². The standard InChI is InChI=1S/C20H32N2O5S/c1-6-7-8-9-16(24)28-13-12-21-15(23)10-11-22-18(25)17-19(2,3)14-26-20(4,5)27-17/h17H,6-7,10-14H2,1-5H3,(H,21,23)(H,22,25)/t17-/m0/s1. The van der Waals surface area contributed by atoms with Gasteiger partial charge in [0.25, 0.3) is 5.12 Å². The summed E-state index contributed by atoms with van der Waals surface area (Å²) in [4.78, 5) is 35.8. The lowest BCUT2D eigenvalue weighted by Gasteiger charge is -2.44. The second kappa shape index (κ2) is 11.4. The van der Waals surface area contributed by atoms with Crippen molar-refractivity contribution in [1.29, 1.82) is 0 Å². The Morgan fingerprint density at radius 1 is 1.14 bits per heavy atom. The van der Waals surface area contributed by atoms with Crippen LogP contribution in [0.2, 0.25) is 0 Å². The van der Waals surface area contributed by atoms with Crippen LogP contribution < -0.4 is 10.6 Å². The Balaban J connectivity index is 2.24. The molecule has 1 aliphatic rings. The van der Waals surface area contributed by atoms with Gasteiger partial charge in [-0.25, -0.2) is 0 Å². The second-order valence-electron chi connectivity index (χ2n) is 7.75. The lowest BCUT2D eigenvalue weighted by molar-refractivity contribution is -0.304. The Morgan fingerprint density at radius 3 is 2.54 bits per heavy atom. The Morgan fingerprint density at radius 2 is 1.86 bits per heavy atom. The SMILES string of the molecule is CCCC#CC(=O)SCCNC(=O)CCNC(=O)[C@@H]1OC(C)(C)OCC1(C)C. The van der Waals surface area contributed by atoms with Crippen LogP contribution in [0.3, 0.4) is 0 Å². The molecule has 0 radical (unpaired) electrons. The molecule has 1 atom stereocenters. The number of thioether (sulfide) groups is 1. The minimum atomic E-state index is -0.815. The average Bonchev–Trinajstić information content (AvgIpc) is 2.61. The largest absolute Gasteiger partial charge is 0.355 e. The summed E-state index contributed by atoms with van der Waals surface area (Å²) >= 11 is 1.09. The van der Waals surface area contributed by atoms with Crippen molar-refractivity contribution in [2.24, 2.45) is 5.41 Å². The molecule has 1 saturated heterocycles. The third-order valence-electron chi connectivity index (χ3n) is 4.02. The summed E-state index contributed by atoms with van der Waals surface area (Å²) in [5, 5.41) is 5.30. The molecule has 158 valence electrons. The van der Waals surface area contributed by atoms with E-state index in [0.717, 1.165) is 18.2 Å². The Hall–Kier alpha value is -1.56. The van der Waals surface area contributed by atoms with E-state index in [-0.39, 0.29) is 29.9 Å². The first-order valence-electron chi connectivity index (χ1n) is 9.59. The van der Waals surface area contributed by atoms with Crippen LogP contribution in [0.1, 0.15) is 53.9 Å². The topological polar surface area (TPSA) is 93.7 Å². The van der Waals surface area contributed by atoms with Gasteiger partial charge in [-0.1, -0.05) is 38.5 Å². The van der Waals surface area contributed by atoms with E-state index >= 15 is 0 Å². The van der Waals surface area contributed by atoms with E-state index in [2.05, 4.69) is 22.5 Å². The predicted molar refractivity (Wildman–Crippen MR) is 109 cm³/mol. The van der Waals surface area contributed by atoms with Gasteiger partial charge in [-0.2, -0.15) is 0 Å². The molecule has 8 heteroatoms. The third kappa shape index (κ3) is 9.09.